The van der Waals surface area contributed by atoms with Gasteiger partial charge in [-0.25, -0.2) is 0 Å². The van der Waals surface area contributed by atoms with Crippen molar-refractivity contribution in [1.82, 2.24) is 15.5 Å². The number of H-pyrrole nitrogens is 1. The van der Waals surface area contributed by atoms with Gasteiger partial charge in [0.25, 0.3) is 5.91 Å². The zero-order valence-electron chi connectivity index (χ0n) is 8.60. The Hall–Kier alpha value is -2.30. The van der Waals surface area contributed by atoms with Crippen molar-refractivity contribution in [1.29, 1.82) is 0 Å². The molecule has 0 aliphatic heterocycles. The lowest BCUT2D eigenvalue weighted by molar-refractivity contribution is 0.0951. The summed E-state index contributed by atoms with van der Waals surface area (Å²) in [5.74, 6) is -0.145. The minimum absolute atomic E-state index is 0.145. The van der Waals surface area contributed by atoms with E-state index in [-0.39, 0.29) is 5.91 Å². The summed E-state index contributed by atoms with van der Waals surface area (Å²) in [5.41, 5.74) is 7.66. The fourth-order valence-electron chi connectivity index (χ4n) is 1.34. The van der Waals surface area contributed by atoms with Crippen LogP contribution in [-0.4, -0.2) is 16.1 Å². The number of aromatic nitrogens is 2. The molecule has 0 saturated heterocycles. The molecule has 1 aromatic carbocycles. The van der Waals surface area contributed by atoms with Gasteiger partial charge in [0.1, 0.15) is 0 Å². The third-order valence-corrected chi connectivity index (χ3v) is 2.16. The number of amides is 1. The number of nitrogens with one attached hydrogen (secondary N) is 2. The quantitative estimate of drug-likeness (QED) is 0.667. The van der Waals surface area contributed by atoms with Gasteiger partial charge in [0.05, 0.1) is 6.20 Å². The van der Waals surface area contributed by atoms with Crippen molar-refractivity contribution in [3.8, 4) is 0 Å². The first-order valence-electron chi connectivity index (χ1n) is 4.87. The Morgan fingerprint density at radius 1 is 1.50 bits per heavy atom. The average Bonchev–Trinajstić information content (AvgIpc) is 2.78. The van der Waals surface area contributed by atoms with E-state index in [0.29, 0.717) is 17.8 Å². The highest BCUT2D eigenvalue weighted by Gasteiger charge is 2.05. The predicted octanol–water partition coefficient (Wildman–Crippen LogP) is 0.922. The van der Waals surface area contributed by atoms with E-state index in [4.69, 9.17) is 5.73 Å². The minimum Gasteiger partial charge on any atom is -0.399 e. The number of nitrogen functional groups attached to an aromatic ring is 1. The van der Waals surface area contributed by atoms with Crippen molar-refractivity contribution in [3.05, 3.63) is 47.8 Å². The Labute approximate surface area is 92.7 Å². The smallest absolute Gasteiger partial charge is 0.251 e. The molecule has 5 heteroatoms. The van der Waals surface area contributed by atoms with Crippen LogP contribution in [0.2, 0.25) is 0 Å². The van der Waals surface area contributed by atoms with E-state index in [2.05, 4.69) is 15.5 Å². The van der Waals surface area contributed by atoms with Crippen LogP contribution in [0.5, 0.6) is 0 Å². The van der Waals surface area contributed by atoms with E-state index in [1.165, 1.54) is 0 Å². The van der Waals surface area contributed by atoms with Crippen LogP contribution < -0.4 is 11.1 Å². The van der Waals surface area contributed by atoms with E-state index < -0.39 is 0 Å². The van der Waals surface area contributed by atoms with E-state index in [0.717, 1.165) is 5.56 Å². The number of nitrogens with two attached hydrogens (primary N) is 1. The van der Waals surface area contributed by atoms with Gasteiger partial charge in [0.15, 0.2) is 0 Å². The van der Waals surface area contributed by atoms with Gasteiger partial charge in [-0.05, 0) is 18.2 Å². The summed E-state index contributed by atoms with van der Waals surface area (Å²) in [6, 6.07) is 6.86. The number of nitrogens with zero attached hydrogens (tertiary/aromatic N) is 1. The first kappa shape index (κ1) is 10.2. The summed E-state index contributed by atoms with van der Waals surface area (Å²) in [7, 11) is 0. The maximum absolute atomic E-state index is 11.7. The molecule has 1 amide bonds. The molecule has 2 aromatic rings. The lowest BCUT2D eigenvalue weighted by atomic mass is 10.2. The number of hydrogen-bond acceptors (Lipinski definition) is 3. The molecule has 16 heavy (non-hydrogen) atoms. The number of benzene rings is 1. The third-order valence-electron chi connectivity index (χ3n) is 2.16. The number of rotatable bonds is 3. The minimum atomic E-state index is -0.145. The van der Waals surface area contributed by atoms with Crippen LogP contribution in [0.15, 0.2) is 36.7 Å². The Morgan fingerprint density at radius 2 is 2.38 bits per heavy atom. The van der Waals surface area contributed by atoms with Crippen LogP contribution in [0, 0.1) is 0 Å². The van der Waals surface area contributed by atoms with Crippen molar-refractivity contribution in [2.24, 2.45) is 0 Å². The van der Waals surface area contributed by atoms with Crippen molar-refractivity contribution < 1.29 is 4.79 Å². The van der Waals surface area contributed by atoms with Gasteiger partial charge in [0.2, 0.25) is 0 Å². The monoisotopic (exact) mass is 216 g/mol. The highest BCUT2D eigenvalue weighted by atomic mass is 16.1. The van der Waals surface area contributed by atoms with Crippen molar-refractivity contribution in [3.63, 3.8) is 0 Å². The van der Waals surface area contributed by atoms with E-state index in [9.17, 15) is 4.79 Å². The molecule has 2 rings (SSSR count). The van der Waals surface area contributed by atoms with Crippen LogP contribution in [0.1, 0.15) is 15.9 Å². The average molecular weight is 216 g/mol. The Kier molecular flexibility index (Phi) is 2.86. The Balaban J connectivity index is 1.98. The third kappa shape index (κ3) is 2.38. The molecule has 82 valence electrons. The van der Waals surface area contributed by atoms with Crippen molar-refractivity contribution in [2.75, 3.05) is 5.73 Å². The molecular formula is C11H12N4O. The topological polar surface area (TPSA) is 83.8 Å². The standard InChI is InChI=1S/C11H12N4O/c12-10-3-1-2-9(4-10)11(16)13-5-8-6-14-15-7-8/h1-4,6-7H,5,12H2,(H,13,16)(H,14,15). The Bertz CT molecular complexity index is 478. The molecule has 0 radical (unpaired) electrons. The van der Waals surface area contributed by atoms with E-state index >= 15 is 0 Å². The Morgan fingerprint density at radius 3 is 3.06 bits per heavy atom. The second-order valence-corrected chi connectivity index (χ2v) is 3.41. The van der Waals surface area contributed by atoms with E-state index in [1.807, 2.05) is 0 Å². The number of hydrogen-bond donors (Lipinski definition) is 3. The highest BCUT2D eigenvalue weighted by Crippen LogP contribution is 2.06. The van der Waals surface area contributed by atoms with Gasteiger partial charge in [-0.1, -0.05) is 6.07 Å². The number of carbonyl (C=O) groups is 1. The number of aromatic amines is 1. The second-order valence-electron chi connectivity index (χ2n) is 3.41. The van der Waals surface area contributed by atoms with Gasteiger partial charge in [-0.15, -0.1) is 0 Å². The van der Waals surface area contributed by atoms with Crippen LogP contribution in [0.4, 0.5) is 5.69 Å². The molecule has 0 saturated carbocycles. The molecule has 0 spiro atoms. The van der Waals surface area contributed by atoms with Crippen LogP contribution >= 0.6 is 0 Å². The largest absolute Gasteiger partial charge is 0.399 e. The van der Waals surface area contributed by atoms with Crippen LogP contribution in [-0.2, 0) is 6.54 Å². The fourth-order valence-corrected chi connectivity index (χ4v) is 1.34. The van der Waals surface area contributed by atoms with Gasteiger partial charge < -0.3 is 11.1 Å². The van der Waals surface area contributed by atoms with Gasteiger partial charge in [-0.3, -0.25) is 9.89 Å². The molecule has 1 heterocycles. The summed E-state index contributed by atoms with van der Waals surface area (Å²) in [6.07, 6.45) is 3.40. The van der Waals surface area contributed by atoms with Crippen LogP contribution in [0.3, 0.4) is 0 Å². The van der Waals surface area contributed by atoms with Crippen molar-refractivity contribution in [2.45, 2.75) is 6.54 Å². The summed E-state index contributed by atoms with van der Waals surface area (Å²) in [5, 5.41) is 9.25. The molecule has 4 N–H and O–H groups in total. The summed E-state index contributed by atoms with van der Waals surface area (Å²) >= 11 is 0. The zero-order valence-corrected chi connectivity index (χ0v) is 8.60. The summed E-state index contributed by atoms with van der Waals surface area (Å²) < 4.78 is 0. The van der Waals surface area contributed by atoms with Gasteiger partial charge in [-0.2, -0.15) is 5.10 Å². The molecular weight excluding hydrogens is 204 g/mol. The van der Waals surface area contributed by atoms with E-state index in [1.54, 1.807) is 36.7 Å². The summed E-state index contributed by atoms with van der Waals surface area (Å²) in [4.78, 5) is 11.7. The lowest BCUT2D eigenvalue weighted by Crippen LogP contribution is -2.22. The molecule has 0 aliphatic rings. The maximum atomic E-state index is 11.7. The number of carbonyl (C=O) groups excluding carboxylic acids is 1. The molecule has 0 atom stereocenters. The first-order valence-corrected chi connectivity index (χ1v) is 4.87. The lowest BCUT2D eigenvalue weighted by Gasteiger charge is -2.03. The maximum Gasteiger partial charge on any atom is 0.251 e. The normalized spacial score (nSPS) is 10.0. The van der Waals surface area contributed by atoms with Gasteiger partial charge in [0, 0.05) is 29.6 Å². The molecule has 0 unspecified atom stereocenters. The van der Waals surface area contributed by atoms with Crippen LogP contribution in [0.25, 0.3) is 0 Å². The second kappa shape index (κ2) is 4.48. The first-order chi connectivity index (χ1) is 7.75. The predicted molar refractivity (Wildman–Crippen MR) is 60.6 cm³/mol. The summed E-state index contributed by atoms with van der Waals surface area (Å²) in [6.45, 7) is 0.449. The SMILES string of the molecule is Nc1cccc(C(=O)NCc2cn[nH]c2)c1. The highest BCUT2D eigenvalue weighted by molar-refractivity contribution is 5.94. The number of anilines is 1. The zero-order chi connectivity index (χ0) is 11.4. The molecule has 5 nitrogen and oxygen atoms in total. The van der Waals surface area contributed by atoms with Crippen molar-refractivity contribution >= 4 is 11.6 Å². The van der Waals surface area contributed by atoms with Gasteiger partial charge >= 0.3 is 0 Å². The fraction of sp³-hybridized carbons (Fsp3) is 0.0909. The molecule has 0 bridgehead atoms. The molecule has 0 aliphatic carbocycles. The molecule has 0 fully saturated rings. The molecule has 1 aromatic heterocycles.